The fourth-order valence-electron chi connectivity index (χ4n) is 4.04. The standard InChI is InChI=1S/C17H28N2O/c1-4-18-8-5-6-13(12-18)19-9-7-14-15(19)10-17(2,3)11-16(14)20/h7,9,13,16,20H,4-6,8,10-12H2,1-3H3. The molecule has 1 fully saturated rings. The Balaban J connectivity index is 1.88. The number of likely N-dealkylation sites (tertiary alicyclic amines) is 1. The van der Waals surface area contributed by atoms with Crippen molar-refractivity contribution < 1.29 is 5.11 Å². The monoisotopic (exact) mass is 276 g/mol. The molecular weight excluding hydrogens is 248 g/mol. The van der Waals surface area contributed by atoms with Crippen molar-refractivity contribution >= 4 is 0 Å². The zero-order valence-corrected chi connectivity index (χ0v) is 13.1. The van der Waals surface area contributed by atoms with Gasteiger partial charge in [0.2, 0.25) is 0 Å². The fraction of sp³-hybridized carbons (Fsp3) is 0.765. The number of nitrogens with zero attached hydrogens (tertiary/aromatic N) is 2. The predicted octanol–water partition coefficient (Wildman–Crippen LogP) is 3.15. The van der Waals surface area contributed by atoms with Crippen LogP contribution in [-0.2, 0) is 6.42 Å². The molecule has 2 heterocycles. The second-order valence-corrected chi connectivity index (χ2v) is 7.38. The van der Waals surface area contributed by atoms with Gasteiger partial charge in [-0.1, -0.05) is 20.8 Å². The smallest absolute Gasteiger partial charge is 0.0812 e. The van der Waals surface area contributed by atoms with Crippen LogP contribution in [0.5, 0.6) is 0 Å². The third kappa shape index (κ3) is 2.53. The van der Waals surface area contributed by atoms with Crippen LogP contribution in [0.2, 0.25) is 0 Å². The summed E-state index contributed by atoms with van der Waals surface area (Å²) in [5.74, 6) is 0. The van der Waals surface area contributed by atoms with E-state index in [-0.39, 0.29) is 11.5 Å². The maximum absolute atomic E-state index is 10.4. The van der Waals surface area contributed by atoms with Crippen LogP contribution in [0, 0.1) is 5.41 Å². The molecule has 1 aromatic rings. The van der Waals surface area contributed by atoms with E-state index in [1.165, 1.54) is 30.6 Å². The first kappa shape index (κ1) is 14.2. The molecule has 1 aliphatic carbocycles. The summed E-state index contributed by atoms with van der Waals surface area (Å²) in [6.07, 6.45) is 6.48. The molecule has 3 nitrogen and oxygen atoms in total. The van der Waals surface area contributed by atoms with E-state index in [1.54, 1.807) is 0 Å². The molecule has 1 aliphatic heterocycles. The summed E-state index contributed by atoms with van der Waals surface area (Å²) in [5, 5.41) is 10.4. The van der Waals surface area contributed by atoms with Crippen molar-refractivity contribution in [1.29, 1.82) is 0 Å². The lowest BCUT2D eigenvalue weighted by Crippen LogP contribution is -2.37. The van der Waals surface area contributed by atoms with Gasteiger partial charge in [0.25, 0.3) is 0 Å². The van der Waals surface area contributed by atoms with Crippen LogP contribution in [0.15, 0.2) is 12.3 Å². The molecule has 0 saturated carbocycles. The minimum Gasteiger partial charge on any atom is -0.388 e. The van der Waals surface area contributed by atoms with E-state index in [1.807, 2.05) is 0 Å². The van der Waals surface area contributed by atoms with Gasteiger partial charge in [0.1, 0.15) is 0 Å². The summed E-state index contributed by atoms with van der Waals surface area (Å²) < 4.78 is 2.47. The van der Waals surface area contributed by atoms with E-state index >= 15 is 0 Å². The Morgan fingerprint density at radius 3 is 2.95 bits per heavy atom. The molecule has 0 amide bonds. The van der Waals surface area contributed by atoms with E-state index in [0.29, 0.717) is 6.04 Å². The van der Waals surface area contributed by atoms with Crippen molar-refractivity contribution in [3.8, 4) is 0 Å². The van der Waals surface area contributed by atoms with Crippen LogP contribution >= 0.6 is 0 Å². The van der Waals surface area contributed by atoms with Gasteiger partial charge < -0.3 is 14.6 Å². The molecule has 0 bridgehead atoms. The zero-order valence-electron chi connectivity index (χ0n) is 13.1. The summed E-state index contributed by atoms with van der Waals surface area (Å²) in [6.45, 7) is 10.3. The Morgan fingerprint density at radius 1 is 1.40 bits per heavy atom. The van der Waals surface area contributed by atoms with Crippen LogP contribution in [0.4, 0.5) is 0 Å². The van der Waals surface area contributed by atoms with Gasteiger partial charge >= 0.3 is 0 Å². The highest BCUT2D eigenvalue weighted by Gasteiger charge is 2.34. The lowest BCUT2D eigenvalue weighted by atomic mass is 9.75. The summed E-state index contributed by atoms with van der Waals surface area (Å²) in [6, 6.07) is 2.74. The highest BCUT2D eigenvalue weighted by molar-refractivity contribution is 5.30. The lowest BCUT2D eigenvalue weighted by molar-refractivity contribution is 0.0958. The van der Waals surface area contributed by atoms with Crippen molar-refractivity contribution in [3.63, 3.8) is 0 Å². The van der Waals surface area contributed by atoms with Gasteiger partial charge in [-0.25, -0.2) is 0 Å². The number of piperidine rings is 1. The topological polar surface area (TPSA) is 28.4 Å². The molecule has 0 radical (unpaired) electrons. The molecule has 2 aliphatic rings. The number of hydrogen-bond acceptors (Lipinski definition) is 2. The lowest BCUT2D eigenvalue weighted by Gasteiger charge is -2.37. The second kappa shape index (κ2) is 5.19. The van der Waals surface area contributed by atoms with Crippen molar-refractivity contribution in [1.82, 2.24) is 9.47 Å². The Labute approximate surface area is 122 Å². The molecule has 2 unspecified atom stereocenters. The maximum Gasteiger partial charge on any atom is 0.0812 e. The molecule has 1 N–H and O–H groups in total. The third-order valence-electron chi connectivity index (χ3n) is 5.13. The first-order valence-electron chi connectivity index (χ1n) is 8.10. The number of aliphatic hydroxyl groups is 1. The van der Waals surface area contributed by atoms with Gasteiger partial charge in [-0.2, -0.15) is 0 Å². The summed E-state index contributed by atoms with van der Waals surface area (Å²) in [5.41, 5.74) is 2.77. The van der Waals surface area contributed by atoms with Gasteiger partial charge in [-0.05, 0) is 50.3 Å². The van der Waals surface area contributed by atoms with Crippen LogP contribution in [0.25, 0.3) is 0 Å². The molecule has 1 saturated heterocycles. The average molecular weight is 276 g/mol. The first-order chi connectivity index (χ1) is 9.50. The number of aromatic nitrogens is 1. The van der Waals surface area contributed by atoms with Crippen LogP contribution in [0.1, 0.15) is 63.4 Å². The fourth-order valence-corrected chi connectivity index (χ4v) is 4.04. The van der Waals surface area contributed by atoms with Crippen molar-refractivity contribution in [2.75, 3.05) is 19.6 Å². The summed E-state index contributed by atoms with van der Waals surface area (Å²) in [7, 11) is 0. The SMILES string of the molecule is CCN1CCCC(n2ccc3c2CC(C)(C)CC3O)C1. The van der Waals surface area contributed by atoms with E-state index in [2.05, 4.69) is 42.5 Å². The molecule has 3 rings (SSSR count). The second-order valence-electron chi connectivity index (χ2n) is 7.38. The minimum absolute atomic E-state index is 0.210. The highest BCUT2D eigenvalue weighted by Crippen LogP contribution is 2.42. The predicted molar refractivity (Wildman–Crippen MR) is 81.9 cm³/mol. The highest BCUT2D eigenvalue weighted by atomic mass is 16.3. The van der Waals surface area contributed by atoms with Crippen molar-refractivity contribution in [2.24, 2.45) is 5.41 Å². The molecule has 3 heteroatoms. The number of aliphatic hydroxyl groups excluding tert-OH is 1. The quantitative estimate of drug-likeness (QED) is 0.899. The summed E-state index contributed by atoms with van der Waals surface area (Å²) in [4.78, 5) is 2.55. The van der Waals surface area contributed by atoms with Crippen LogP contribution in [-0.4, -0.2) is 34.2 Å². The third-order valence-corrected chi connectivity index (χ3v) is 5.13. The van der Waals surface area contributed by atoms with Crippen LogP contribution in [0.3, 0.4) is 0 Å². The number of likely N-dealkylation sites (N-methyl/N-ethyl adjacent to an activating group) is 1. The zero-order chi connectivity index (χ0) is 14.3. The molecule has 0 spiro atoms. The molecule has 20 heavy (non-hydrogen) atoms. The normalized spacial score (nSPS) is 30.2. The van der Waals surface area contributed by atoms with E-state index in [4.69, 9.17) is 0 Å². The van der Waals surface area contributed by atoms with E-state index in [0.717, 1.165) is 25.9 Å². The largest absolute Gasteiger partial charge is 0.388 e. The van der Waals surface area contributed by atoms with Gasteiger partial charge in [0.15, 0.2) is 0 Å². The number of hydrogen-bond donors (Lipinski definition) is 1. The summed E-state index contributed by atoms with van der Waals surface area (Å²) >= 11 is 0. The van der Waals surface area contributed by atoms with Crippen molar-refractivity contribution in [3.05, 3.63) is 23.5 Å². The Hall–Kier alpha value is -0.800. The number of fused-ring (bicyclic) bond motifs is 1. The minimum atomic E-state index is -0.277. The van der Waals surface area contributed by atoms with Gasteiger partial charge in [-0.15, -0.1) is 0 Å². The maximum atomic E-state index is 10.4. The van der Waals surface area contributed by atoms with Crippen molar-refractivity contribution in [2.45, 2.75) is 58.6 Å². The van der Waals surface area contributed by atoms with E-state index in [9.17, 15) is 5.11 Å². The van der Waals surface area contributed by atoms with Gasteiger partial charge in [0.05, 0.1) is 6.10 Å². The Morgan fingerprint density at radius 2 is 2.20 bits per heavy atom. The average Bonchev–Trinajstić information content (AvgIpc) is 2.81. The van der Waals surface area contributed by atoms with Crippen LogP contribution < -0.4 is 0 Å². The molecular formula is C17H28N2O. The molecule has 0 aromatic carbocycles. The first-order valence-corrected chi connectivity index (χ1v) is 8.10. The Kier molecular flexibility index (Phi) is 3.67. The number of rotatable bonds is 2. The Bertz CT molecular complexity index is 477. The molecule has 112 valence electrons. The van der Waals surface area contributed by atoms with Gasteiger partial charge in [0, 0.05) is 30.0 Å². The van der Waals surface area contributed by atoms with Gasteiger partial charge in [-0.3, -0.25) is 0 Å². The molecule has 2 atom stereocenters. The molecule has 1 aromatic heterocycles. The van der Waals surface area contributed by atoms with E-state index < -0.39 is 0 Å².